The predicted molar refractivity (Wildman–Crippen MR) is 42.1 cm³/mol. The van der Waals surface area contributed by atoms with E-state index in [0.717, 1.165) is 0 Å². The van der Waals surface area contributed by atoms with Gasteiger partial charge in [-0.25, -0.2) is 0 Å². The number of hydrogen-bond acceptors (Lipinski definition) is 0. The lowest BCUT2D eigenvalue weighted by Crippen LogP contribution is -2.15. The van der Waals surface area contributed by atoms with Crippen LogP contribution in [0, 0.1) is 0 Å². The zero-order valence-electron chi connectivity index (χ0n) is 5.88. The van der Waals surface area contributed by atoms with Crippen molar-refractivity contribution in [2.45, 2.75) is 19.0 Å². The molecule has 5 heteroatoms. The molecule has 1 rings (SSSR count). The Bertz CT molecular complexity index is 250. The Morgan fingerprint density at radius 3 is 2.17 bits per heavy atom. The van der Waals surface area contributed by atoms with Crippen molar-refractivity contribution in [2.75, 3.05) is 0 Å². The molecule has 0 fully saturated rings. The van der Waals surface area contributed by atoms with Crippen LogP contribution in [-0.2, 0) is 0 Å². The maximum Gasteiger partial charge on any atom is 0.418 e. The monoisotopic (exact) mass is 216 g/mol. The molecular weight excluding hydrogens is 212 g/mol. The number of allylic oxidation sites excluding steroid dienone is 4. The second kappa shape index (κ2) is 3.30. The summed E-state index contributed by atoms with van der Waals surface area (Å²) in [4.78, 5) is 0. The van der Waals surface area contributed by atoms with Gasteiger partial charge in [0.2, 0.25) is 0 Å². The van der Waals surface area contributed by atoms with Gasteiger partial charge in [0.25, 0.3) is 0 Å². The minimum Gasteiger partial charge on any atom is -0.166 e. The summed E-state index contributed by atoms with van der Waals surface area (Å²) in [5, 5.41) is -0.492. The Hall–Kier alpha value is -0.150. The average Bonchev–Trinajstić information content (AvgIpc) is 1.82. The first-order valence-corrected chi connectivity index (χ1v) is 4.00. The molecule has 0 spiro atoms. The molecule has 68 valence electrons. The minimum absolute atomic E-state index is 0.199. The summed E-state index contributed by atoms with van der Waals surface area (Å²) in [5.74, 6) is 0. The van der Waals surface area contributed by atoms with E-state index in [2.05, 4.69) is 0 Å². The number of hydrogen-bond donors (Lipinski definition) is 0. The first-order chi connectivity index (χ1) is 5.43. The number of rotatable bonds is 0. The van der Waals surface area contributed by atoms with Crippen molar-refractivity contribution in [2.24, 2.45) is 0 Å². The molecule has 0 aromatic heterocycles. The van der Waals surface area contributed by atoms with Crippen LogP contribution >= 0.6 is 23.2 Å². The van der Waals surface area contributed by atoms with E-state index in [9.17, 15) is 13.2 Å². The maximum absolute atomic E-state index is 12.2. The summed E-state index contributed by atoms with van der Waals surface area (Å²) in [6.07, 6.45) is -2.43. The van der Waals surface area contributed by atoms with Crippen molar-refractivity contribution < 1.29 is 13.2 Å². The molecule has 0 aromatic carbocycles. The largest absolute Gasteiger partial charge is 0.418 e. The van der Waals surface area contributed by atoms with E-state index in [4.69, 9.17) is 23.2 Å². The van der Waals surface area contributed by atoms with Gasteiger partial charge in [-0.05, 0) is 12.8 Å². The standard InChI is InChI=1S/C7H5Cl2F3/c8-4-2-1-3-5(9)6(4)7(10,11)12/h2H,1,3H2. The fourth-order valence-corrected chi connectivity index (χ4v) is 1.67. The highest BCUT2D eigenvalue weighted by molar-refractivity contribution is 6.36. The minimum atomic E-state index is -4.44. The van der Waals surface area contributed by atoms with Crippen LogP contribution in [0.25, 0.3) is 0 Å². The molecule has 1 aliphatic rings. The molecule has 0 atom stereocenters. The molecule has 0 amide bonds. The van der Waals surface area contributed by atoms with E-state index >= 15 is 0 Å². The molecule has 0 aromatic rings. The third kappa shape index (κ3) is 1.96. The van der Waals surface area contributed by atoms with Crippen molar-refractivity contribution in [1.82, 2.24) is 0 Å². The Morgan fingerprint density at radius 1 is 1.25 bits per heavy atom. The van der Waals surface area contributed by atoms with E-state index in [1.807, 2.05) is 0 Å². The fraction of sp³-hybridized carbons (Fsp3) is 0.429. The van der Waals surface area contributed by atoms with Gasteiger partial charge in [-0.15, -0.1) is 0 Å². The van der Waals surface area contributed by atoms with Crippen LogP contribution in [-0.4, -0.2) is 6.18 Å². The van der Waals surface area contributed by atoms with Crippen LogP contribution in [0.5, 0.6) is 0 Å². The summed E-state index contributed by atoms with van der Waals surface area (Å²) < 4.78 is 36.5. The van der Waals surface area contributed by atoms with Crippen molar-refractivity contribution in [3.05, 3.63) is 21.7 Å². The highest BCUT2D eigenvalue weighted by Crippen LogP contribution is 2.40. The smallest absolute Gasteiger partial charge is 0.166 e. The van der Waals surface area contributed by atoms with Gasteiger partial charge < -0.3 is 0 Å². The quantitative estimate of drug-likeness (QED) is 0.576. The summed E-state index contributed by atoms with van der Waals surface area (Å²) in [6.45, 7) is 0. The van der Waals surface area contributed by atoms with Crippen molar-refractivity contribution in [3.63, 3.8) is 0 Å². The maximum atomic E-state index is 12.2. The third-order valence-electron chi connectivity index (χ3n) is 1.48. The van der Waals surface area contributed by atoms with Crippen LogP contribution in [0.3, 0.4) is 0 Å². The van der Waals surface area contributed by atoms with E-state index in [0.29, 0.717) is 6.42 Å². The first kappa shape index (κ1) is 9.93. The summed E-state index contributed by atoms with van der Waals surface area (Å²) in [7, 11) is 0. The second-order valence-corrected chi connectivity index (χ2v) is 3.23. The number of alkyl halides is 3. The van der Waals surface area contributed by atoms with E-state index in [1.165, 1.54) is 6.08 Å². The molecule has 0 aliphatic heterocycles. The van der Waals surface area contributed by atoms with Crippen LogP contribution in [0.2, 0.25) is 0 Å². The zero-order valence-corrected chi connectivity index (χ0v) is 7.39. The highest BCUT2D eigenvalue weighted by atomic mass is 35.5. The van der Waals surface area contributed by atoms with Gasteiger partial charge in [-0.3, -0.25) is 0 Å². The zero-order chi connectivity index (χ0) is 9.35. The topological polar surface area (TPSA) is 0 Å². The van der Waals surface area contributed by atoms with E-state index in [-0.39, 0.29) is 16.5 Å². The van der Waals surface area contributed by atoms with Gasteiger partial charge >= 0.3 is 6.18 Å². The highest BCUT2D eigenvalue weighted by Gasteiger charge is 2.38. The fourth-order valence-electron chi connectivity index (χ4n) is 0.971. The summed E-state index contributed by atoms with van der Waals surface area (Å²) in [6, 6.07) is 0. The number of halogens is 5. The Kier molecular flexibility index (Phi) is 2.74. The predicted octanol–water partition coefficient (Wildman–Crippen LogP) is 3.96. The molecule has 0 bridgehead atoms. The van der Waals surface area contributed by atoms with E-state index in [1.54, 1.807) is 0 Å². The van der Waals surface area contributed by atoms with Crippen molar-refractivity contribution in [1.29, 1.82) is 0 Å². The SMILES string of the molecule is FC(F)(F)C1=C(Cl)CCC=C1Cl. The molecule has 0 nitrogen and oxygen atoms in total. The molecule has 0 unspecified atom stereocenters. The summed E-state index contributed by atoms with van der Waals surface area (Å²) in [5.41, 5.74) is -0.892. The van der Waals surface area contributed by atoms with Gasteiger partial charge in [-0.2, -0.15) is 13.2 Å². The molecule has 12 heavy (non-hydrogen) atoms. The van der Waals surface area contributed by atoms with Gasteiger partial charge in [0.15, 0.2) is 0 Å². The molecule has 0 saturated heterocycles. The van der Waals surface area contributed by atoms with Gasteiger partial charge in [0.1, 0.15) is 0 Å². The third-order valence-corrected chi connectivity index (χ3v) is 2.20. The van der Waals surface area contributed by atoms with Crippen LogP contribution in [0.15, 0.2) is 21.7 Å². The second-order valence-electron chi connectivity index (χ2n) is 2.37. The normalized spacial score (nSPS) is 19.6. The van der Waals surface area contributed by atoms with Gasteiger partial charge in [0, 0.05) is 10.1 Å². The van der Waals surface area contributed by atoms with Gasteiger partial charge in [-0.1, -0.05) is 29.3 Å². The molecule has 0 saturated carbocycles. The summed E-state index contributed by atoms with van der Waals surface area (Å²) >= 11 is 10.8. The van der Waals surface area contributed by atoms with Gasteiger partial charge in [0.05, 0.1) is 5.57 Å². The van der Waals surface area contributed by atoms with E-state index < -0.39 is 11.7 Å². The lowest BCUT2D eigenvalue weighted by molar-refractivity contribution is -0.0893. The lowest BCUT2D eigenvalue weighted by atomic mass is 10.1. The molecule has 0 heterocycles. The molecular formula is C7H5Cl2F3. The Labute approximate surface area is 77.6 Å². The Balaban J connectivity index is 3.07. The van der Waals surface area contributed by atoms with Crippen LogP contribution in [0.4, 0.5) is 13.2 Å². The van der Waals surface area contributed by atoms with Crippen LogP contribution < -0.4 is 0 Å². The van der Waals surface area contributed by atoms with Crippen molar-refractivity contribution >= 4 is 23.2 Å². The lowest BCUT2D eigenvalue weighted by Gasteiger charge is -2.16. The molecule has 0 radical (unpaired) electrons. The van der Waals surface area contributed by atoms with Crippen molar-refractivity contribution in [3.8, 4) is 0 Å². The van der Waals surface area contributed by atoms with Crippen LogP contribution in [0.1, 0.15) is 12.8 Å². The molecule has 1 aliphatic carbocycles. The molecule has 0 N–H and O–H groups in total. The Morgan fingerprint density at radius 2 is 1.83 bits per heavy atom. The average molecular weight is 217 g/mol. The first-order valence-electron chi connectivity index (χ1n) is 3.25.